The summed E-state index contributed by atoms with van der Waals surface area (Å²) in [7, 11) is 0. The van der Waals surface area contributed by atoms with E-state index >= 15 is 0 Å². The molecule has 1 amide bonds. The Bertz CT molecular complexity index is 1070. The molecular weight excluding hydrogens is 354 g/mol. The Hall–Kier alpha value is -3.19. The number of benzene rings is 1. The van der Waals surface area contributed by atoms with E-state index in [-0.39, 0.29) is 11.7 Å². The number of anilines is 1. The van der Waals surface area contributed by atoms with Crippen LogP contribution in [0.3, 0.4) is 0 Å². The number of nitrogens with one attached hydrogen (secondary N) is 1. The van der Waals surface area contributed by atoms with E-state index in [1.165, 1.54) is 11.6 Å². The molecule has 1 aromatic carbocycles. The number of rotatable bonds is 4. The summed E-state index contributed by atoms with van der Waals surface area (Å²) < 4.78 is 1.87. The summed E-state index contributed by atoms with van der Waals surface area (Å²) >= 11 is 0. The Kier molecular flexibility index (Phi) is 4.83. The van der Waals surface area contributed by atoms with Crippen molar-refractivity contribution in [2.75, 3.05) is 25.0 Å². The minimum atomic E-state index is -0.0921. The van der Waals surface area contributed by atoms with Gasteiger partial charge in [-0.25, -0.2) is 9.50 Å². The number of aromatic nitrogens is 3. The lowest BCUT2D eigenvalue weighted by atomic mass is 10.1. The number of amides is 1. The van der Waals surface area contributed by atoms with Gasteiger partial charge in [0, 0.05) is 42.3 Å². The number of carbonyl (C=O) groups is 1. The molecule has 1 aliphatic heterocycles. The number of fused-ring (bicyclic) bond motifs is 1. The van der Waals surface area contributed by atoms with Gasteiger partial charge in [0.05, 0.1) is 12.2 Å². The topological polar surface area (TPSA) is 82.8 Å². The summed E-state index contributed by atoms with van der Waals surface area (Å²) in [5, 5.41) is 17.0. The lowest BCUT2D eigenvalue weighted by molar-refractivity contribution is -0.117. The molecule has 0 radical (unpaired) electrons. The van der Waals surface area contributed by atoms with Gasteiger partial charge in [0.2, 0.25) is 5.91 Å². The minimum Gasteiger partial charge on any atom is -0.508 e. The zero-order valence-corrected chi connectivity index (χ0v) is 16.0. The molecule has 7 nitrogen and oxygen atoms in total. The molecule has 0 unspecified atom stereocenters. The molecule has 0 spiro atoms. The highest BCUT2D eigenvalue weighted by atomic mass is 16.3. The second-order valence-electron chi connectivity index (χ2n) is 7.15. The molecule has 0 saturated carbocycles. The van der Waals surface area contributed by atoms with Crippen molar-refractivity contribution in [3.05, 3.63) is 59.6 Å². The second-order valence-corrected chi connectivity index (χ2v) is 7.15. The van der Waals surface area contributed by atoms with Crippen LogP contribution in [0.5, 0.6) is 5.75 Å². The molecule has 2 N–H and O–H groups in total. The van der Waals surface area contributed by atoms with E-state index in [0.29, 0.717) is 18.8 Å². The van der Waals surface area contributed by atoms with E-state index in [9.17, 15) is 9.90 Å². The maximum absolute atomic E-state index is 12.3. The largest absolute Gasteiger partial charge is 0.508 e. The SMILES string of the molecule is Cc1cc(C)n2nc(C3=CCN(CC(=O)Nc4cccc(O)c4)CC3)cc2n1. The second kappa shape index (κ2) is 7.44. The number of nitrogens with zero attached hydrogens (tertiary/aromatic N) is 4. The molecule has 0 fully saturated rings. The number of aryl methyl sites for hydroxylation is 2. The molecule has 144 valence electrons. The van der Waals surface area contributed by atoms with E-state index in [1.807, 2.05) is 30.5 Å². The number of hydrogen-bond acceptors (Lipinski definition) is 5. The molecule has 0 atom stereocenters. The van der Waals surface area contributed by atoms with Crippen LogP contribution in [0.25, 0.3) is 11.2 Å². The predicted octanol–water partition coefficient (Wildman–Crippen LogP) is 2.78. The van der Waals surface area contributed by atoms with Gasteiger partial charge in [0.25, 0.3) is 0 Å². The van der Waals surface area contributed by atoms with Crippen LogP contribution >= 0.6 is 0 Å². The molecule has 1 aliphatic rings. The highest BCUT2D eigenvalue weighted by molar-refractivity contribution is 5.92. The van der Waals surface area contributed by atoms with Crippen LogP contribution in [0.15, 0.2) is 42.5 Å². The minimum absolute atomic E-state index is 0.0921. The van der Waals surface area contributed by atoms with E-state index < -0.39 is 0 Å². The third-order valence-corrected chi connectivity index (χ3v) is 4.85. The van der Waals surface area contributed by atoms with Gasteiger partial charge in [-0.05, 0) is 44.0 Å². The monoisotopic (exact) mass is 377 g/mol. The Labute approximate surface area is 163 Å². The van der Waals surface area contributed by atoms with Crippen molar-refractivity contribution in [2.45, 2.75) is 20.3 Å². The maximum atomic E-state index is 12.3. The summed E-state index contributed by atoms with van der Waals surface area (Å²) in [5.41, 5.74) is 5.65. The number of carbonyl (C=O) groups excluding carboxylic acids is 1. The Morgan fingerprint density at radius 2 is 2.11 bits per heavy atom. The van der Waals surface area contributed by atoms with Gasteiger partial charge < -0.3 is 10.4 Å². The van der Waals surface area contributed by atoms with Crippen LogP contribution in [0.1, 0.15) is 23.5 Å². The molecule has 0 aliphatic carbocycles. The zero-order valence-electron chi connectivity index (χ0n) is 16.0. The maximum Gasteiger partial charge on any atom is 0.238 e. The first-order chi connectivity index (χ1) is 13.5. The van der Waals surface area contributed by atoms with Gasteiger partial charge in [0.15, 0.2) is 5.65 Å². The summed E-state index contributed by atoms with van der Waals surface area (Å²) in [6, 6.07) is 10.6. The van der Waals surface area contributed by atoms with Crippen LogP contribution in [0.2, 0.25) is 0 Å². The first kappa shape index (κ1) is 18.2. The van der Waals surface area contributed by atoms with Gasteiger partial charge >= 0.3 is 0 Å². The lowest BCUT2D eigenvalue weighted by Gasteiger charge is -2.25. The van der Waals surface area contributed by atoms with Crippen molar-refractivity contribution in [3.8, 4) is 5.75 Å². The van der Waals surface area contributed by atoms with E-state index in [1.54, 1.807) is 18.2 Å². The van der Waals surface area contributed by atoms with Crippen molar-refractivity contribution >= 4 is 22.8 Å². The van der Waals surface area contributed by atoms with E-state index in [0.717, 1.165) is 35.7 Å². The van der Waals surface area contributed by atoms with Gasteiger partial charge in [-0.3, -0.25) is 9.69 Å². The predicted molar refractivity (Wildman–Crippen MR) is 108 cm³/mol. The zero-order chi connectivity index (χ0) is 19.7. The first-order valence-electron chi connectivity index (χ1n) is 9.32. The van der Waals surface area contributed by atoms with E-state index in [4.69, 9.17) is 5.10 Å². The van der Waals surface area contributed by atoms with E-state index in [2.05, 4.69) is 21.3 Å². The van der Waals surface area contributed by atoms with Crippen LogP contribution in [0.4, 0.5) is 5.69 Å². The first-order valence-corrected chi connectivity index (χ1v) is 9.32. The highest BCUT2D eigenvalue weighted by Crippen LogP contribution is 2.23. The molecule has 3 heterocycles. The highest BCUT2D eigenvalue weighted by Gasteiger charge is 2.18. The standard InChI is InChI=1S/C21H23N5O2/c1-14-10-15(2)26-20(22-14)12-19(24-26)16-6-8-25(9-7-16)13-21(28)23-17-4-3-5-18(27)11-17/h3-6,10-12,27H,7-9,13H2,1-2H3,(H,23,28). The van der Waals surface area contributed by atoms with Crippen LogP contribution in [0, 0.1) is 13.8 Å². The Balaban J connectivity index is 1.40. The molecule has 28 heavy (non-hydrogen) atoms. The number of aromatic hydroxyl groups is 1. The van der Waals surface area contributed by atoms with Gasteiger partial charge in [-0.2, -0.15) is 5.10 Å². The fourth-order valence-corrected chi connectivity index (χ4v) is 3.52. The summed E-state index contributed by atoms with van der Waals surface area (Å²) in [4.78, 5) is 18.9. The lowest BCUT2D eigenvalue weighted by Crippen LogP contribution is -2.36. The molecule has 0 bridgehead atoms. The molecule has 4 rings (SSSR count). The molecule has 2 aromatic heterocycles. The number of phenolic OH excluding ortho intramolecular Hbond substituents is 1. The average molecular weight is 377 g/mol. The smallest absolute Gasteiger partial charge is 0.238 e. The molecular formula is C21H23N5O2. The van der Waals surface area contributed by atoms with Crippen LogP contribution in [-0.4, -0.2) is 50.1 Å². The van der Waals surface area contributed by atoms with Crippen molar-refractivity contribution in [3.63, 3.8) is 0 Å². The summed E-state index contributed by atoms with van der Waals surface area (Å²) in [6.45, 7) is 5.81. The Morgan fingerprint density at radius 1 is 1.25 bits per heavy atom. The van der Waals surface area contributed by atoms with Crippen molar-refractivity contribution in [2.24, 2.45) is 0 Å². The quantitative estimate of drug-likeness (QED) is 0.731. The van der Waals surface area contributed by atoms with Gasteiger partial charge in [0.1, 0.15) is 5.75 Å². The van der Waals surface area contributed by atoms with Gasteiger partial charge in [-0.1, -0.05) is 12.1 Å². The fourth-order valence-electron chi connectivity index (χ4n) is 3.52. The Morgan fingerprint density at radius 3 is 2.86 bits per heavy atom. The third-order valence-electron chi connectivity index (χ3n) is 4.85. The average Bonchev–Trinajstić information content (AvgIpc) is 3.06. The molecule has 0 saturated heterocycles. The molecule has 7 heteroatoms. The van der Waals surface area contributed by atoms with Crippen LogP contribution < -0.4 is 5.32 Å². The van der Waals surface area contributed by atoms with Crippen molar-refractivity contribution in [1.82, 2.24) is 19.5 Å². The van der Waals surface area contributed by atoms with Crippen LogP contribution in [-0.2, 0) is 4.79 Å². The summed E-state index contributed by atoms with van der Waals surface area (Å²) in [6.07, 6.45) is 2.97. The van der Waals surface area contributed by atoms with Crippen molar-refractivity contribution < 1.29 is 9.90 Å². The number of hydrogen-bond donors (Lipinski definition) is 2. The number of phenols is 1. The summed E-state index contributed by atoms with van der Waals surface area (Å²) in [5.74, 6) is 0.0428. The fraction of sp³-hybridized carbons (Fsp3) is 0.286. The van der Waals surface area contributed by atoms with Gasteiger partial charge in [-0.15, -0.1) is 0 Å². The normalized spacial score (nSPS) is 14.9. The molecule has 3 aromatic rings. The van der Waals surface area contributed by atoms with Crippen molar-refractivity contribution in [1.29, 1.82) is 0 Å². The third kappa shape index (κ3) is 3.89.